The zero-order valence-corrected chi connectivity index (χ0v) is 13.3. The summed E-state index contributed by atoms with van der Waals surface area (Å²) in [5.41, 5.74) is 4.21. The van der Waals surface area contributed by atoms with Gasteiger partial charge >= 0.3 is 6.01 Å². The molecule has 0 fully saturated rings. The minimum absolute atomic E-state index is 0.0929. The van der Waals surface area contributed by atoms with Crippen molar-refractivity contribution in [1.82, 2.24) is 15.2 Å². The predicted molar refractivity (Wildman–Crippen MR) is 91.1 cm³/mol. The maximum absolute atomic E-state index is 12.3. The predicted octanol–water partition coefficient (Wildman–Crippen LogP) is 3.52. The molecule has 24 heavy (non-hydrogen) atoms. The van der Waals surface area contributed by atoms with Crippen LogP contribution in [0.5, 0.6) is 0 Å². The number of thiazole rings is 1. The lowest BCUT2D eigenvalue weighted by molar-refractivity contribution is 0.102. The largest absolute Gasteiger partial charge is 0.407 e. The average Bonchev–Trinajstić information content (AvgIpc) is 3.24. The van der Waals surface area contributed by atoms with E-state index < -0.39 is 0 Å². The van der Waals surface area contributed by atoms with Gasteiger partial charge in [0.1, 0.15) is 0 Å². The fraction of sp³-hybridized carbons (Fsp3) is 0.0588. The van der Waals surface area contributed by atoms with Gasteiger partial charge in [-0.05, 0) is 23.8 Å². The zero-order valence-electron chi connectivity index (χ0n) is 12.5. The number of carbonyl (C=O) groups is 1. The molecule has 4 rings (SSSR count). The van der Waals surface area contributed by atoms with Crippen LogP contribution in [0.2, 0.25) is 0 Å². The number of amides is 1. The van der Waals surface area contributed by atoms with E-state index in [9.17, 15) is 4.79 Å². The Hall–Kier alpha value is -3.06. The normalized spacial score (nSPS) is 10.8. The third-order valence-corrected chi connectivity index (χ3v) is 4.27. The van der Waals surface area contributed by atoms with Crippen molar-refractivity contribution in [1.29, 1.82) is 0 Å². The minimum Gasteiger partial charge on any atom is -0.407 e. The number of benzene rings is 2. The van der Waals surface area contributed by atoms with Gasteiger partial charge in [0.05, 0.1) is 22.1 Å². The molecule has 1 N–H and O–H groups in total. The van der Waals surface area contributed by atoms with Gasteiger partial charge in [-0.25, -0.2) is 4.98 Å². The maximum Gasteiger partial charge on any atom is 0.322 e. The van der Waals surface area contributed by atoms with Crippen molar-refractivity contribution < 1.29 is 9.21 Å². The van der Waals surface area contributed by atoms with Gasteiger partial charge in [-0.15, -0.1) is 16.4 Å². The molecule has 0 aliphatic heterocycles. The van der Waals surface area contributed by atoms with E-state index in [1.54, 1.807) is 17.6 Å². The first-order valence-corrected chi connectivity index (χ1v) is 8.17. The van der Waals surface area contributed by atoms with Crippen LogP contribution in [0.25, 0.3) is 10.2 Å². The van der Waals surface area contributed by atoms with Crippen molar-refractivity contribution in [3.8, 4) is 0 Å². The molecule has 4 aromatic rings. The third kappa shape index (κ3) is 3.02. The highest BCUT2D eigenvalue weighted by atomic mass is 32.1. The highest BCUT2D eigenvalue weighted by Crippen LogP contribution is 2.20. The fourth-order valence-electron chi connectivity index (χ4n) is 2.31. The molecule has 2 aromatic carbocycles. The number of aromatic nitrogens is 3. The Bertz CT molecular complexity index is 994. The molecule has 118 valence electrons. The Morgan fingerprint density at radius 1 is 1.12 bits per heavy atom. The molecule has 0 aliphatic carbocycles. The highest BCUT2D eigenvalue weighted by Gasteiger charge is 2.13. The first kappa shape index (κ1) is 14.5. The summed E-state index contributed by atoms with van der Waals surface area (Å²) in [6.45, 7) is 0. The van der Waals surface area contributed by atoms with Crippen LogP contribution < -0.4 is 5.32 Å². The van der Waals surface area contributed by atoms with Gasteiger partial charge in [0.25, 0.3) is 5.91 Å². The Morgan fingerprint density at radius 2 is 2.00 bits per heavy atom. The first-order chi connectivity index (χ1) is 11.8. The number of carbonyl (C=O) groups excluding carboxylic acids is 1. The van der Waals surface area contributed by atoms with Gasteiger partial charge in [-0.3, -0.25) is 10.1 Å². The number of nitrogens with zero attached hydrogens (tertiary/aromatic N) is 3. The number of rotatable bonds is 4. The van der Waals surface area contributed by atoms with Crippen LogP contribution in [0, 0.1) is 0 Å². The third-order valence-electron chi connectivity index (χ3n) is 3.48. The van der Waals surface area contributed by atoms with E-state index >= 15 is 0 Å². The molecule has 0 bridgehead atoms. The number of hydrogen-bond donors (Lipinski definition) is 1. The summed E-state index contributed by atoms with van der Waals surface area (Å²) in [6.07, 6.45) is 0.524. The lowest BCUT2D eigenvalue weighted by Crippen LogP contribution is -2.11. The lowest BCUT2D eigenvalue weighted by atomic mass is 10.2. The second-order valence-corrected chi connectivity index (χ2v) is 6.04. The zero-order chi connectivity index (χ0) is 16.4. The molecular weight excluding hydrogens is 324 g/mol. The van der Waals surface area contributed by atoms with Crippen LogP contribution in [-0.2, 0) is 6.42 Å². The van der Waals surface area contributed by atoms with E-state index in [4.69, 9.17) is 4.42 Å². The Kier molecular flexibility index (Phi) is 3.76. The van der Waals surface area contributed by atoms with Crippen molar-refractivity contribution in [3.05, 3.63) is 71.1 Å². The maximum atomic E-state index is 12.3. The van der Waals surface area contributed by atoms with Crippen molar-refractivity contribution in [2.75, 3.05) is 5.32 Å². The lowest BCUT2D eigenvalue weighted by Gasteiger charge is -2.00. The van der Waals surface area contributed by atoms with Crippen LogP contribution in [0.15, 0.2) is 58.5 Å². The summed E-state index contributed by atoms with van der Waals surface area (Å²) in [6, 6.07) is 15.2. The van der Waals surface area contributed by atoms with Crippen LogP contribution in [-0.4, -0.2) is 21.1 Å². The quantitative estimate of drug-likeness (QED) is 0.616. The Balaban J connectivity index is 1.47. The molecule has 2 heterocycles. The van der Waals surface area contributed by atoms with E-state index in [2.05, 4.69) is 20.5 Å². The van der Waals surface area contributed by atoms with Crippen LogP contribution >= 0.6 is 11.3 Å². The molecule has 6 nitrogen and oxygen atoms in total. The summed E-state index contributed by atoms with van der Waals surface area (Å²) >= 11 is 1.49. The summed E-state index contributed by atoms with van der Waals surface area (Å²) in [5, 5.41) is 10.5. The fourth-order valence-corrected chi connectivity index (χ4v) is 3.03. The number of anilines is 1. The SMILES string of the molecule is O=C(Nc1nnc(Cc2ccccc2)o1)c1ccc2ncsc2c1. The van der Waals surface area contributed by atoms with Crippen LogP contribution in [0.3, 0.4) is 0 Å². The molecule has 0 aliphatic rings. The molecule has 0 radical (unpaired) electrons. The molecule has 0 saturated carbocycles. The van der Waals surface area contributed by atoms with Gasteiger partial charge in [-0.2, -0.15) is 0 Å². The van der Waals surface area contributed by atoms with E-state index in [0.29, 0.717) is 17.9 Å². The van der Waals surface area contributed by atoms with Crippen molar-refractivity contribution >= 4 is 33.5 Å². The standard InChI is InChI=1S/C17H12N4O2S/c22-16(12-6-7-13-14(9-12)24-10-18-13)19-17-21-20-15(23-17)8-11-4-2-1-3-5-11/h1-7,9-10H,8H2,(H,19,21,22). The van der Waals surface area contributed by atoms with E-state index in [0.717, 1.165) is 15.8 Å². The molecule has 2 aromatic heterocycles. The topological polar surface area (TPSA) is 80.9 Å². The second-order valence-electron chi connectivity index (χ2n) is 5.15. The Labute approximate surface area is 141 Å². The number of hydrogen-bond acceptors (Lipinski definition) is 6. The van der Waals surface area contributed by atoms with Gasteiger partial charge in [0.2, 0.25) is 5.89 Å². The summed E-state index contributed by atoms with van der Waals surface area (Å²) in [5.74, 6) is 0.162. The summed E-state index contributed by atoms with van der Waals surface area (Å²) in [4.78, 5) is 16.5. The van der Waals surface area contributed by atoms with E-state index in [1.807, 2.05) is 36.4 Å². The monoisotopic (exact) mass is 336 g/mol. The highest BCUT2D eigenvalue weighted by molar-refractivity contribution is 7.16. The van der Waals surface area contributed by atoms with Gasteiger partial charge in [-0.1, -0.05) is 35.4 Å². The van der Waals surface area contributed by atoms with E-state index in [-0.39, 0.29) is 11.9 Å². The van der Waals surface area contributed by atoms with Crippen LogP contribution in [0.1, 0.15) is 21.8 Å². The molecule has 7 heteroatoms. The number of fused-ring (bicyclic) bond motifs is 1. The van der Waals surface area contributed by atoms with Crippen molar-refractivity contribution in [2.45, 2.75) is 6.42 Å². The van der Waals surface area contributed by atoms with Crippen molar-refractivity contribution in [3.63, 3.8) is 0 Å². The molecule has 0 unspecified atom stereocenters. The van der Waals surface area contributed by atoms with E-state index in [1.165, 1.54) is 11.3 Å². The molecule has 0 spiro atoms. The second kappa shape index (κ2) is 6.21. The molecule has 0 saturated heterocycles. The minimum atomic E-state index is -0.291. The number of nitrogens with one attached hydrogen (secondary N) is 1. The molecule has 0 atom stereocenters. The Morgan fingerprint density at radius 3 is 2.88 bits per heavy atom. The summed E-state index contributed by atoms with van der Waals surface area (Å²) < 4.78 is 6.44. The smallest absolute Gasteiger partial charge is 0.322 e. The molecule has 1 amide bonds. The van der Waals surface area contributed by atoms with Gasteiger partial charge < -0.3 is 4.42 Å². The van der Waals surface area contributed by atoms with Gasteiger partial charge in [0, 0.05) is 5.56 Å². The average molecular weight is 336 g/mol. The summed E-state index contributed by atoms with van der Waals surface area (Å²) in [7, 11) is 0. The van der Waals surface area contributed by atoms with Crippen molar-refractivity contribution in [2.24, 2.45) is 0 Å². The van der Waals surface area contributed by atoms with Crippen LogP contribution in [0.4, 0.5) is 6.01 Å². The van der Waals surface area contributed by atoms with Gasteiger partial charge in [0.15, 0.2) is 0 Å². The first-order valence-electron chi connectivity index (χ1n) is 7.29. The molecular formula is C17H12N4O2S.